The molecule has 0 radical (unpaired) electrons. The van der Waals surface area contributed by atoms with Crippen molar-refractivity contribution in [3.8, 4) is 5.75 Å². The van der Waals surface area contributed by atoms with Gasteiger partial charge in [-0.15, -0.1) is 0 Å². The number of benzene rings is 1. The number of ether oxygens (including phenoxy) is 1. The second-order valence-corrected chi connectivity index (χ2v) is 7.31. The molecule has 0 heterocycles. The molecule has 0 saturated heterocycles. The Hall–Kier alpha value is -1.11. The first-order chi connectivity index (χ1) is 9.96. The number of aliphatic hydroxyl groups excluding tert-OH is 1. The average molecular weight is 313 g/mol. The lowest BCUT2D eigenvalue weighted by atomic mass is 10.1. The van der Waals surface area contributed by atoms with E-state index in [-0.39, 0.29) is 17.5 Å². The number of rotatable bonds is 6. The van der Waals surface area contributed by atoms with Crippen LogP contribution >= 0.6 is 0 Å². The SMILES string of the molecule is CCOc1ccc(S(=O)(=O)NC2CCC(C)C2)cc1CO. The van der Waals surface area contributed by atoms with Crippen molar-refractivity contribution in [2.24, 2.45) is 5.92 Å². The predicted molar refractivity (Wildman–Crippen MR) is 80.7 cm³/mol. The Morgan fingerprint density at radius 1 is 1.38 bits per heavy atom. The van der Waals surface area contributed by atoms with E-state index < -0.39 is 10.0 Å². The van der Waals surface area contributed by atoms with Gasteiger partial charge in [0.2, 0.25) is 10.0 Å². The molecule has 2 rings (SSSR count). The molecule has 118 valence electrons. The van der Waals surface area contributed by atoms with Gasteiger partial charge in [-0.3, -0.25) is 0 Å². The Morgan fingerprint density at radius 2 is 2.14 bits per heavy atom. The fraction of sp³-hybridized carbons (Fsp3) is 0.600. The maximum absolute atomic E-state index is 12.4. The summed E-state index contributed by atoms with van der Waals surface area (Å²) >= 11 is 0. The molecular formula is C15H23NO4S. The fourth-order valence-corrected chi connectivity index (χ4v) is 4.08. The zero-order valence-corrected chi connectivity index (χ0v) is 13.3. The normalized spacial score (nSPS) is 22.4. The van der Waals surface area contributed by atoms with E-state index >= 15 is 0 Å². The lowest BCUT2D eigenvalue weighted by molar-refractivity contribution is 0.266. The van der Waals surface area contributed by atoms with Gasteiger partial charge >= 0.3 is 0 Å². The number of nitrogens with one attached hydrogen (secondary N) is 1. The molecule has 21 heavy (non-hydrogen) atoms. The topological polar surface area (TPSA) is 75.6 Å². The molecule has 1 aromatic rings. The van der Waals surface area contributed by atoms with Crippen LogP contribution in [0.25, 0.3) is 0 Å². The van der Waals surface area contributed by atoms with Crippen molar-refractivity contribution in [3.63, 3.8) is 0 Å². The molecule has 0 spiro atoms. The Labute approximate surface area is 126 Å². The second-order valence-electron chi connectivity index (χ2n) is 5.60. The second kappa shape index (κ2) is 6.77. The van der Waals surface area contributed by atoms with Crippen molar-refractivity contribution in [1.29, 1.82) is 0 Å². The van der Waals surface area contributed by atoms with E-state index in [1.807, 2.05) is 6.92 Å². The monoisotopic (exact) mass is 313 g/mol. The average Bonchev–Trinajstić information content (AvgIpc) is 2.84. The van der Waals surface area contributed by atoms with E-state index in [1.165, 1.54) is 12.1 Å². The van der Waals surface area contributed by atoms with Crippen LogP contribution in [0.1, 0.15) is 38.7 Å². The van der Waals surface area contributed by atoms with E-state index in [9.17, 15) is 13.5 Å². The van der Waals surface area contributed by atoms with Crippen LogP contribution < -0.4 is 9.46 Å². The van der Waals surface area contributed by atoms with Crippen LogP contribution in [0.15, 0.2) is 23.1 Å². The van der Waals surface area contributed by atoms with Crippen molar-refractivity contribution in [3.05, 3.63) is 23.8 Å². The molecule has 5 nitrogen and oxygen atoms in total. The third-order valence-electron chi connectivity index (χ3n) is 3.83. The first-order valence-electron chi connectivity index (χ1n) is 7.35. The van der Waals surface area contributed by atoms with E-state index in [4.69, 9.17) is 4.74 Å². The molecule has 0 aromatic heterocycles. The minimum absolute atomic E-state index is 0.00847. The lowest BCUT2D eigenvalue weighted by Gasteiger charge is -2.15. The lowest BCUT2D eigenvalue weighted by Crippen LogP contribution is -2.33. The van der Waals surface area contributed by atoms with E-state index in [1.54, 1.807) is 6.07 Å². The molecule has 2 N–H and O–H groups in total. The number of hydrogen-bond acceptors (Lipinski definition) is 4. The first-order valence-corrected chi connectivity index (χ1v) is 8.83. The Morgan fingerprint density at radius 3 is 2.71 bits per heavy atom. The Balaban J connectivity index is 2.19. The van der Waals surface area contributed by atoms with Crippen LogP contribution in [0.2, 0.25) is 0 Å². The molecule has 1 saturated carbocycles. The van der Waals surface area contributed by atoms with Crippen LogP contribution in [-0.4, -0.2) is 26.2 Å². The van der Waals surface area contributed by atoms with Gasteiger partial charge in [-0.25, -0.2) is 13.1 Å². The fourth-order valence-electron chi connectivity index (χ4n) is 2.74. The summed E-state index contributed by atoms with van der Waals surface area (Å²) < 4.78 is 32.9. The Bertz CT molecular complexity index is 585. The molecule has 0 aliphatic heterocycles. The van der Waals surface area contributed by atoms with Gasteiger partial charge in [0.25, 0.3) is 0 Å². The minimum Gasteiger partial charge on any atom is -0.494 e. The van der Waals surface area contributed by atoms with Crippen LogP contribution in [-0.2, 0) is 16.6 Å². The van der Waals surface area contributed by atoms with Gasteiger partial charge in [0.15, 0.2) is 0 Å². The molecular weight excluding hydrogens is 290 g/mol. The van der Waals surface area contributed by atoms with Gasteiger partial charge in [-0.05, 0) is 50.3 Å². The van der Waals surface area contributed by atoms with Crippen LogP contribution in [0.3, 0.4) is 0 Å². The minimum atomic E-state index is -3.55. The summed E-state index contributed by atoms with van der Waals surface area (Å²) in [6, 6.07) is 4.60. The smallest absolute Gasteiger partial charge is 0.240 e. The predicted octanol–water partition coefficient (Wildman–Crippen LogP) is 2.04. The summed E-state index contributed by atoms with van der Waals surface area (Å²) in [5.41, 5.74) is 0.486. The van der Waals surface area contributed by atoms with Crippen molar-refractivity contribution in [2.45, 2.75) is 50.7 Å². The number of sulfonamides is 1. The number of hydrogen-bond donors (Lipinski definition) is 2. The Kier molecular flexibility index (Phi) is 5.24. The van der Waals surface area contributed by atoms with Crippen molar-refractivity contribution < 1.29 is 18.3 Å². The van der Waals surface area contributed by atoms with Gasteiger partial charge in [0.05, 0.1) is 18.1 Å². The molecule has 1 aliphatic rings. The summed E-state index contributed by atoms with van der Waals surface area (Å²) in [4.78, 5) is 0.176. The summed E-state index contributed by atoms with van der Waals surface area (Å²) in [5.74, 6) is 1.08. The van der Waals surface area contributed by atoms with Crippen molar-refractivity contribution in [1.82, 2.24) is 4.72 Å². The largest absolute Gasteiger partial charge is 0.494 e. The molecule has 1 aliphatic carbocycles. The summed E-state index contributed by atoms with van der Waals surface area (Å²) in [6.45, 7) is 4.19. The number of aliphatic hydroxyl groups is 1. The summed E-state index contributed by atoms with van der Waals surface area (Å²) in [7, 11) is -3.55. The molecule has 1 fully saturated rings. The van der Waals surface area contributed by atoms with Gasteiger partial charge < -0.3 is 9.84 Å². The molecule has 0 bridgehead atoms. The van der Waals surface area contributed by atoms with Crippen molar-refractivity contribution in [2.75, 3.05) is 6.61 Å². The molecule has 2 atom stereocenters. The maximum Gasteiger partial charge on any atom is 0.240 e. The highest BCUT2D eigenvalue weighted by Crippen LogP contribution is 2.27. The van der Waals surface area contributed by atoms with Gasteiger partial charge in [-0.2, -0.15) is 0 Å². The van der Waals surface area contributed by atoms with E-state index in [2.05, 4.69) is 11.6 Å². The summed E-state index contributed by atoms with van der Waals surface area (Å²) in [6.07, 6.45) is 2.81. The highest BCUT2D eigenvalue weighted by Gasteiger charge is 2.26. The van der Waals surface area contributed by atoms with E-state index in [0.717, 1.165) is 19.3 Å². The standard InChI is InChI=1S/C15H23NO4S/c1-3-20-15-7-6-14(9-12(15)10-17)21(18,19)16-13-5-4-11(2)8-13/h6-7,9,11,13,16-17H,3-5,8,10H2,1-2H3. The van der Waals surface area contributed by atoms with Crippen molar-refractivity contribution >= 4 is 10.0 Å². The molecule has 0 amide bonds. The quantitative estimate of drug-likeness (QED) is 0.843. The van der Waals surface area contributed by atoms with Gasteiger partial charge in [0.1, 0.15) is 5.75 Å². The molecule has 6 heteroatoms. The molecule has 1 aromatic carbocycles. The van der Waals surface area contributed by atoms with E-state index in [0.29, 0.717) is 23.8 Å². The zero-order chi connectivity index (χ0) is 15.5. The zero-order valence-electron chi connectivity index (χ0n) is 12.5. The van der Waals surface area contributed by atoms with Crippen LogP contribution in [0, 0.1) is 5.92 Å². The first kappa shape index (κ1) is 16.3. The maximum atomic E-state index is 12.4. The van der Waals surface area contributed by atoms with Gasteiger partial charge in [0, 0.05) is 11.6 Å². The molecule has 2 unspecified atom stereocenters. The highest BCUT2D eigenvalue weighted by molar-refractivity contribution is 7.89. The third kappa shape index (κ3) is 3.96. The van der Waals surface area contributed by atoms with Gasteiger partial charge in [-0.1, -0.05) is 6.92 Å². The third-order valence-corrected chi connectivity index (χ3v) is 5.35. The van der Waals surface area contributed by atoms with Crippen LogP contribution in [0.5, 0.6) is 5.75 Å². The van der Waals surface area contributed by atoms with Crippen LogP contribution in [0.4, 0.5) is 0 Å². The highest BCUT2D eigenvalue weighted by atomic mass is 32.2. The summed E-state index contributed by atoms with van der Waals surface area (Å²) in [5, 5.41) is 9.36.